The zero-order valence-corrected chi connectivity index (χ0v) is 13.0. The molecule has 4 fully saturated rings. The van der Waals surface area contributed by atoms with E-state index in [9.17, 15) is 4.79 Å². The monoisotopic (exact) mass is 279 g/mol. The Morgan fingerprint density at radius 2 is 1.70 bits per heavy atom. The molecule has 114 valence electrons. The Labute approximate surface area is 123 Å². The minimum absolute atomic E-state index is 0.335. The number of carbonyl (C=O) groups excluding carboxylic acids is 1. The van der Waals surface area contributed by atoms with Gasteiger partial charge in [0.05, 0.1) is 0 Å². The van der Waals surface area contributed by atoms with Crippen molar-refractivity contribution in [1.29, 1.82) is 0 Å². The summed E-state index contributed by atoms with van der Waals surface area (Å²) in [7, 11) is 2.05. The Morgan fingerprint density at radius 3 is 2.25 bits per heavy atom. The molecule has 0 N–H and O–H groups in total. The first-order valence-electron chi connectivity index (χ1n) is 8.52. The second kappa shape index (κ2) is 6.05. The lowest BCUT2D eigenvalue weighted by atomic mass is 9.54. The zero-order chi connectivity index (χ0) is 14.1. The van der Waals surface area contributed by atoms with Gasteiger partial charge >= 0.3 is 0 Å². The molecule has 4 aliphatic carbocycles. The second-order valence-electron chi connectivity index (χ2n) is 7.23. The van der Waals surface area contributed by atoms with Crippen molar-refractivity contribution >= 4 is 5.91 Å². The fourth-order valence-corrected chi connectivity index (χ4v) is 5.34. The molecule has 0 heterocycles. The molecular formula is C17H29NO2. The normalized spacial score (nSPS) is 38.2. The average molecular weight is 279 g/mol. The summed E-state index contributed by atoms with van der Waals surface area (Å²) < 4.78 is 5.33. The van der Waals surface area contributed by atoms with Crippen LogP contribution < -0.4 is 0 Å². The highest BCUT2D eigenvalue weighted by Crippen LogP contribution is 2.54. The summed E-state index contributed by atoms with van der Waals surface area (Å²) in [5.74, 6) is 3.90. The number of ether oxygens (including phenoxy) is 1. The summed E-state index contributed by atoms with van der Waals surface area (Å²) in [5, 5.41) is 0. The molecule has 3 nitrogen and oxygen atoms in total. The highest BCUT2D eigenvalue weighted by Gasteiger charge is 2.50. The topological polar surface area (TPSA) is 29.5 Å². The van der Waals surface area contributed by atoms with Crippen LogP contribution in [0.25, 0.3) is 0 Å². The van der Waals surface area contributed by atoms with Crippen LogP contribution >= 0.6 is 0 Å². The lowest BCUT2D eigenvalue weighted by Crippen LogP contribution is -2.56. The van der Waals surface area contributed by atoms with E-state index in [1.807, 2.05) is 6.92 Å². The second-order valence-corrected chi connectivity index (χ2v) is 7.23. The Balaban J connectivity index is 1.54. The predicted octanol–water partition coefficient (Wildman–Crippen LogP) is 3.09. The van der Waals surface area contributed by atoms with Gasteiger partial charge in [-0.2, -0.15) is 0 Å². The van der Waals surface area contributed by atoms with Crippen molar-refractivity contribution < 1.29 is 9.53 Å². The predicted molar refractivity (Wildman–Crippen MR) is 79.3 cm³/mol. The molecule has 0 aromatic heterocycles. The Morgan fingerprint density at radius 1 is 1.10 bits per heavy atom. The molecule has 0 unspecified atom stereocenters. The maximum atomic E-state index is 12.4. The molecule has 0 spiro atoms. The molecule has 0 aliphatic heterocycles. The smallest absolute Gasteiger partial charge is 0.222 e. The molecular weight excluding hydrogens is 250 g/mol. The highest BCUT2D eigenvalue weighted by atomic mass is 16.5. The molecule has 1 amide bonds. The minimum atomic E-state index is 0.335. The van der Waals surface area contributed by atoms with Gasteiger partial charge in [-0.05, 0) is 69.1 Å². The van der Waals surface area contributed by atoms with Gasteiger partial charge in [-0.3, -0.25) is 4.79 Å². The number of amides is 1. The van der Waals surface area contributed by atoms with Gasteiger partial charge in [0, 0.05) is 32.7 Å². The fraction of sp³-hybridized carbons (Fsp3) is 0.941. The van der Waals surface area contributed by atoms with Gasteiger partial charge in [0.1, 0.15) is 0 Å². The zero-order valence-electron chi connectivity index (χ0n) is 13.0. The van der Waals surface area contributed by atoms with Crippen molar-refractivity contribution in [2.75, 3.05) is 20.3 Å². The quantitative estimate of drug-likeness (QED) is 0.699. The van der Waals surface area contributed by atoms with E-state index in [-0.39, 0.29) is 0 Å². The van der Waals surface area contributed by atoms with Crippen LogP contribution in [-0.2, 0) is 9.53 Å². The first kappa shape index (κ1) is 14.4. The molecule has 0 radical (unpaired) electrons. The van der Waals surface area contributed by atoms with E-state index in [1.54, 1.807) is 0 Å². The minimum Gasteiger partial charge on any atom is -0.382 e. The summed E-state index contributed by atoms with van der Waals surface area (Å²) in [4.78, 5) is 14.5. The van der Waals surface area contributed by atoms with Gasteiger partial charge in [-0.25, -0.2) is 0 Å². The first-order chi connectivity index (χ1) is 9.69. The van der Waals surface area contributed by atoms with Crippen molar-refractivity contribution in [3.05, 3.63) is 0 Å². The molecule has 0 aromatic rings. The van der Waals surface area contributed by atoms with Gasteiger partial charge in [0.2, 0.25) is 5.91 Å². The van der Waals surface area contributed by atoms with Crippen molar-refractivity contribution in [2.45, 2.75) is 57.9 Å². The molecule has 3 heteroatoms. The van der Waals surface area contributed by atoms with E-state index < -0.39 is 0 Å². The third-order valence-electron chi connectivity index (χ3n) is 5.90. The molecule has 0 saturated heterocycles. The number of hydrogen-bond donors (Lipinski definition) is 0. The SMILES string of the molecule is CCOCCCC(=O)N(C)C1C2CC3CC(C2)CC1C3. The van der Waals surface area contributed by atoms with Gasteiger partial charge in [0.15, 0.2) is 0 Å². The van der Waals surface area contributed by atoms with Crippen LogP contribution in [0.1, 0.15) is 51.9 Å². The summed E-state index contributed by atoms with van der Waals surface area (Å²) in [5.41, 5.74) is 0. The molecule has 0 aromatic carbocycles. The van der Waals surface area contributed by atoms with Crippen LogP contribution in [0.2, 0.25) is 0 Å². The van der Waals surface area contributed by atoms with E-state index in [4.69, 9.17) is 4.74 Å². The number of nitrogens with zero attached hydrogens (tertiary/aromatic N) is 1. The van der Waals surface area contributed by atoms with Crippen LogP contribution in [0.15, 0.2) is 0 Å². The van der Waals surface area contributed by atoms with Crippen LogP contribution in [-0.4, -0.2) is 37.1 Å². The number of rotatable bonds is 6. The summed E-state index contributed by atoms with van der Waals surface area (Å²) in [6, 6.07) is 0.544. The lowest BCUT2D eigenvalue weighted by Gasteiger charge is -2.56. The van der Waals surface area contributed by atoms with Crippen LogP contribution in [0.5, 0.6) is 0 Å². The maximum absolute atomic E-state index is 12.4. The molecule has 0 atom stereocenters. The molecule has 4 aliphatic rings. The largest absolute Gasteiger partial charge is 0.382 e. The molecule has 4 saturated carbocycles. The van der Waals surface area contributed by atoms with Gasteiger partial charge in [-0.15, -0.1) is 0 Å². The van der Waals surface area contributed by atoms with Gasteiger partial charge < -0.3 is 9.64 Å². The summed E-state index contributed by atoms with van der Waals surface area (Å²) in [6.45, 7) is 3.47. The standard InChI is InChI=1S/C17H29NO2/c1-3-20-6-4-5-16(19)18(2)17-14-8-12-7-13(10-14)11-15(17)9-12/h12-15,17H,3-11H2,1-2H3. The third kappa shape index (κ3) is 2.74. The van der Waals surface area contributed by atoms with Gasteiger partial charge in [-0.1, -0.05) is 0 Å². The van der Waals surface area contributed by atoms with E-state index >= 15 is 0 Å². The molecule has 20 heavy (non-hydrogen) atoms. The first-order valence-corrected chi connectivity index (χ1v) is 8.52. The van der Waals surface area contributed by atoms with Crippen molar-refractivity contribution in [3.63, 3.8) is 0 Å². The average Bonchev–Trinajstić information content (AvgIpc) is 2.42. The maximum Gasteiger partial charge on any atom is 0.222 e. The van der Waals surface area contributed by atoms with Crippen molar-refractivity contribution in [3.8, 4) is 0 Å². The van der Waals surface area contributed by atoms with Crippen molar-refractivity contribution in [1.82, 2.24) is 4.90 Å². The lowest BCUT2D eigenvalue weighted by molar-refractivity contribution is -0.141. The highest BCUT2D eigenvalue weighted by molar-refractivity contribution is 5.76. The Bertz CT molecular complexity index is 327. The number of hydrogen-bond acceptors (Lipinski definition) is 2. The number of carbonyl (C=O) groups is 1. The van der Waals surface area contributed by atoms with Crippen molar-refractivity contribution in [2.24, 2.45) is 23.7 Å². The van der Waals surface area contributed by atoms with Gasteiger partial charge in [0.25, 0.3) is 0 Å². The third-order valence-corrected chi connectivity index (χ3v) is 5.90. The van der Waals surface area contributed by atoms with Crippen LogP contribution in [0.3, 0.4) is 0 Å². The van der Waals surface area contributed by atoms with Crippen LogP contribution in [0.4, 0.5) is 0 Å². The van der Waals surface area contributed by atoms with E-state index in [2.05, 4.69) is 11.9 Å². The summed E-state index contributed by atoms with van der Waals surface area (Å²) >= 11 is 0. The summed E-state index contributed by atoms with van der Waals surface area (Å²) in [6.07, 6.45) is 8.53. The Hall–Kier alpha value is -0.570. The van der Waals surface area contributed by atoms with Crippen LogP contribution in [0, 0.1) is 23.7 Å². The molecule has 4 rings (SSSR count). The van der Waals surface area contributed by atoms with E-state index in [0.717, 1.165) is 43.3 Å². The fourth-order valence-electron chi connectivity index (χ4n) is 5.34. The van der Waals surface area contributed by atoms with E-state index in [0.29, 0.717) is 18.4 Å². The molecule has 4 bridgehead atoms. The van der Waals surface area contributed by atoms with E-state index in [1.165, 1.54) is 32.1 Å². The Kier molecular flexibility index (Phi) is 4.34.